The Kier molecular flexibility index (Phi) is 5.68. The number of carbonyl (C=O) groups excluding carboxylic acids is 1. The van der Waals surface area contributed by atoms with E-state index in [-0.39, 0.29) is 29.9 Å². The second kappa shape index (κ2) is 7.34. The fraction of sp³-hybridized carbons (Fsp3) is 0.588. The molecule has 0 saturated carbocycles. The maximum absolute atomic E-state index is 12.4. The van der Waals surface area contributed by atoms with Crippen LogP contribution in [-0.2, 0) is 14.6 Å². The highest BCUT2D eigenvalue weighted by Crippen LogP contribution is 2.20. The zero-order valence-electron chi connectivity index (χ0n) is 14.0. The van der Waals surface area contributed by atoms with E-state index in [9.17, 15) is 13.2 Å². The molecule has 0 N–H and O–H groups in total. The Balaban J connectivity index is 1.88. The van der Waals surface area contributed by atoms with E-state index in [4.69, 9.17) is 4.74 Å². The Morgan fingerprint density at radius 1 is 1.35 bits per heavy atom. The van der Waals surface area contributed by atoms with Gasteiger partial charge in [0.1, 0.15) is 5.75 Å². The normalized spacial score (nSPS) is 19.5. The number of amides is 1. The first-order chi connectivity index (χ1) is 10.8. The number of hydrogen-bond acceptors (Lipinski definition) is 4. The van der Waals surface area contributed by atoms with Crippen LogP contribution in [0.15, 0.2) is 18.2 Å². The lowest BCUT2D eigenvalue weighted by atomic mass is 10.1. The third-order valence-corrected chi connectivity index (χ3v) is 5.96. The lowest BCUT2D eigenvalue weighted by Gasteiger charge is -2.27. The van der Waals surface area contributed by atoms with E-state index in [1.54, 1.807) is 4.90 Å². The van der Waals surface area contributed by atoms with Gasteiger partial charge in [-0.2, -0.15) is 0 Å². The number of ether oxygens (including phenoxy) is 1. The van der Waals surface area contributed by atoms with Crippen LogP contribution in [0.1, 0.15) is 30.9 Å². The van der Waals surface area contributed by atoms with Crippen molar-refractivity contribution in [2.24, 2.45) is 0 Å². The molecule has 0 aliphatic carbocycles. The van der Waals surface area contributed by atoms with Gasteiger partial charge in [-0.25, -0.2) is 8.42 Å². The summed E-state index contributed by atoms with van der Waals surface area (Å²) in [6.45, 7) is 6.72. The number of benzene rings is 1. The maximum Gasteiger partial charge on any atom is 0.226 e. The van der Waals surface area contributed by atoms with Crippen LogP contribution in [0.25, 0.3) is 0 Å². The molecule has 23 heavy (non-hydrogen) atoms. The van der Waals surface area contributed by atoms with Crippen LogP contribution in [0, 0.1) is 13.8 Å². The third-order valence-electron chi connectivity index (χ3n) is 4.21. The molecule has 0 spiro atoms. The summed E-state index contributed by atoms with van der Waals surface area (Å²) in [5.41, 5.74) is 2.22. The SMILES string of the molecule is CCN(C(=O)CCOc1ccc(C)cc1C)C1CCS(=O)(=O)C1. The molecular formula is C17H25NO4S. The summed E-state index contributed by atoms with van der Waals surface area (Å²) >= 11 is 0. The van der Waals surface area contributed by atoms with E-state index < -0.39 is 9.84 Å². The number of aryl methyl sites for hydroxylation is 2. The number of carbonyl (C=O) groups is 1. The van der Waals surface area contributed by atoms with Crippen molar-refractivity contribution in [3.05, 3.63) is 29.3 Å². The standard InChI is InChI=1S/C17H25NO4S/c1-4-18(15-8-10-23(20,21)12-15)17(19)7-9-22-16-6-5-13(2)11-14(16)3/h5-6,11,15H,4,7-10,12H2,1-3H3. The van der Waals surface area contributed by atoms with Crippen molar-refractivity contribution in [3.8, 4) is 5.75 Å². The van der Waals surface area contributed by atoms with E-state index in [0.717, 1.165) is 11.3 Å². The average molecular weight is 339 g/mol. The minimum Gasteiger partial charge on any atom is -0.493 e. The van der Waals surface area contributed by atoms with E-state index in [0.29, 0.717) is 19.6 Å². The van der Waals surface area contributed by atoms with Crippen LogP contribution in [0.3, 0.4) is 0 Å². The van der Waals surface area contributed by atoms with E-state index >= 15 is 0 Å². The number of sulfone groups is 1. The monoisotopic (exact) mass is 339 g/mol. The molecule has 1 aromatic rings. The molecule has 1 aliphatic rings. The molecule has 1 aliphatic heterocycles. The summed E-state index contributed by atoms with van der Waals surface area (Å²) in [5.74, 6) is 1.01. The van der Waals surface area contributed by atoms with Crippen LogP contribution < -0.4 is 4.74 Å². The fourth-order valence-corrected chi connectivity index (χ4v) is 4.74. The molecule has 2 rings (SSSR count). The van der Waals surface area contributed by atoms with Crippen molar-refractivity contribution in [2.75, 3.05) is 24.7 Å². The molecule has 1 unspecified atom stereocenters. The molecular weight excluding hydrogens is 314 g/mol. The van der Waals surface area contributed by atoms with Crippen LogP contribution in [-0.4, -0.2) is 49.9 Å². The summed E-state index contributed by atoms with van der Waals surface area (Å²) in [6, 6.07) is 5.75. The van der Waals surface area contributed by atoms with Crippen molar-refractivity contribution >= 4 is 15.7 Å². The Morgan fingerprint density at radius 3 is 2.65 bits per heavy atom. The molecule has 5 nitrogen and oxygen atoms in total. The van der Waals surface area contributed by atoms with Crippen molar-refractivity contribution in [1.82, 2.24) is 4.90 Å². The first-order valence-electron chi connectivity index (χ1n) is 8.02. The van der Waals surface area contributed by atoms with Crippen LogP contribution in [0.2, 0.25) is 0 Å². The Bertz CT molecular complexity index is 669. The fourth-order valence-electron chi connectivity index (χ4n) is 3.01. The quantitative estimate of drug-likeness (QED) is 0.796. The lowest BCUT2D eigenvalue weighted by molar-refractivity contribution is -0.133. The first-order valence-corrected chi connectivity index (χ1v) is 9.84. The first kappa shape index (κ1) is 17.8. The highest BCUT2D eigenvalue weighted by molar-refractivity contribution is 7.91. The summed E-state index contributed by atoms with van der Waals surface area (Å²) < 4.78 is 28.9. The second-order valence-electron chi connectivity index (χ2n) is 6.10. The number of nitrogens with zero attached hydrogens (tertiary/aromatic N) is 1. The van der Waals surface area contributed by atoms with Gasteiger partial charge in [-0.15, -0.1) is 0 Å². The zero-order chi connectivity index (χ0) is 17.0. The van der Waals surface area contributed by atoms with Gasteiger partial charge in [0.25, 0.3) is 0 Å². The molecule has 1 atom stereocenters. The molecule has 1 saturated heterocycles. The Morgan fingerprint density at radius 2 is 2.09 bits per heavy atom. The third kappa shape index (κ3) is 4.70. The second-order valence-corrected chi connectivity index (χ2v) is 8.33. The summed E-state index contributed by atoms with van der Waals surface area (Å²) in [4.78, 5) is 14.0. The summed E-state index contributed by atoms with van der Waals surface area (Å²) in [5, 5.41) is 0. The van der Waals surface area contributed by atoms with Crippen molar-refractivity contribution in [2.45, 2.75) is 39.7 Å². The van der Waals surface area contributed by atoms with Crippen LogP contribution in [0.5, 0.6) is 5.75 Å². The maximum atomic E-state index is 12.4. The molecule has 1 aromatic carbocycles. The van der Waals surface area contributed by atoms with Gasteiger partial charge >= 0.3 is 0 Å². The highest BCUT2D eigenvalue weighted by atomic mass is 32.2. The number of rotatable bonds is 6. The molecule has 1 amide bonds. The molecule has 1 heterocycles. The Labute approximate surface area is 138 Å². The highest BCUT2D eigenvalue weighted by Gasteiger charge is 2.33. The van der Waals surface area contributed by atoms with Crippen molar-refractivity contribution < 1.29 is 17.9 Å². The predicted molar refractivity (Wildman–Crippen MR) is 90.5 cm³/mol. The topological polar surface area (TPSA) is 63.7 Å². The van der Waals surface area contributed by atoms with E-state index in [2.05, 4.69) is 0 Å². The van der Waals surface area contributed by atoms with Gasteiger partial charge in [0.05, 0.1) is 24.5 Å². The average Bonchev–Trinajstić information content (AvgIpc) is 2.82. The molecule has 0 aromatic heterocycles. The predicted octanol–water partition coefficient (Wildman–Crippen LogP) is 2.11. The smallest absolute Gasteiger partial charge is 0.226 e. The van der Waals surface area contributed by atoms with Gasteiger partial charge in [-0.3, -0.25) is 4.79 Å². The minimum absolute atomic E-state index is 0.0423. The Hall–Kier alpha value is -1.56. The van der Waals surface area contributed by atoms with Crippen molar-refractivity contribution in [1.29, 1.82) is 0 Å². The molecule has 128 valence electrons. The molecule has 1 fully saturated rings. The molecule has 0 radical (unpaired) electrons. The van der Waals surface area contributed by atoms with Crippen molar-refractivity contribution in [3.63, 3.8) is 0 Å². The minimum atomic E-state index is -2.98. The van der Waals surface area contributed by atoms with Gasteiger partial charge in [0, 0.05) is 12.6 Å². The summed E-state index contributed by atoms with van der Waals surface area (Å²) in [6.07, 6.45) is 0.803. The van der Waals surface area contributed by atoms with E-state index in [1.807, 2.05) is 39.0 Å². The largest absolute Gasteiger partial charge is 0.493 e. The van der Waals surface area contributed by atoms with Crippen LogP contribution in [0.4, 0.5) is 0 Å². The van der Waals surface area contributed by atoms with Gasteiger partial charge in [-0.1, -0.05) is 17.7 Å². The summed E-state index contributed by atoms with van der Waals surface area (Å²) in [7, 11) is -2.98. The number of hydrogen-bond donors (Lipinski definition) is 0. The van der Waals surface area contributed by atoms with Gasteiger partial charge in [0.15, 0.2) is 9.84 Å². The lowest BCUT2D eigenvalue weighted by Crippen LogP contribution is -2.41. The molecule has 6 heteroatoms. The van der Waals surface area contributed by atoms with Gasteiger partial charge in [0.2, 0.25) is 5.91 Å². The zero-order valence-corrected chi connectivity index (χ0v) is 14.9. The van der Waals surface area contributed by atoms with Crippen LogP contribution >= 0.6 is 0 Å². The molecule has 0 bridgehead atoms. The van der Waals surface area contributed by atoms with Gasteiger partial charge < -0.3 is 9.64 Å². The van der Waals surface area contributed by atoms with E-state index in [1.165, 1.54) is 5.56 Å². The van der Waals surface area contributed by atoms with Gasteiger partial charge in [-0.05, 0) is 38.8 Å².